The number of benzene rings is 1. The van der Waals surface area contributed by atoms with Crippen molar-refractivity contribution in [3.8, 4) is 5.75 Å². The molecule has 2 rings (SSSR count). The highest BCUT2D eigenvalue weighted by Gasteiger charge is 2.40. The zero-order valence-corrected chi connectivity index (χ0v) is 11.7. The van der Waals surface area contributed by atoms with Crippen LogP contribution in [-0.4, -0.2) is 18.9 Å². The van der Waals surface area contributed by atoms with Crippen LogP contribution in [0.3, 0.4) is 0 Å². The van der Waals surface area contributed by atoms with E-state index in [1.54, 1.807) is 0 Å². The lowest BCUT2D eigenvalue weighted by Crippen LogP contribution is -2.24. The van der Waals surface area contributed by atoms with Crippen LogP contribution >= 0.6 is 0 Å². The van der Waals surface area contributed by atoms with Gasteiger partial charge in [-0.2, -0.15) is 0 Å². The first-order valence-corrected chi connectivity index (χ1v) is 6.75. The zero-order valence-electron chi connectivity index (χ0n) is 11.7. The maximum Gasteiger partial charge on any atom is 0.573 e. The number of aliphatic imine (C=N–C) groups is 1. The van der Waals surface area contributed by atoms with Crippen LogP contribution in [0.1, 0.15) is 26.2 Å². The highest BCUT2D eigenvalue weighted by Crippen LogP contribution is 2.48. The van der Waals surface area contributed by atoms with E-state index in [-0.39, 0.29) is 11.7 Å². The Labute approximate surface area is 121 Å². The molecule has 1 aromatic rings. The zero-order chi connectivity index (χ0) is 15.5. The summed E-state index contributed by atoms with van der Waals surface area (Å²) in [4.78, 5) is 4.28. The van der Waals surface area contributed by atoms with E-state index < -0.39 is 6.36 Å². The van der Waals surface area contributed by atoms with Crippen LogP contribution in [-0.2, 0) is 0 Å². The molecule has 1 aliphatic rings. The topological polar surface area (TPSA) is 59.6 Å². The Bertz CT molecular complexity index is 507. The number of nitrogens with two attached hydrogens (primary N) is 1. The summed E-state index contributed by atoms with van der Waals surface area (Å²) in [7, 11) is 0. The molecule has 0 aliphatic heterocycles. The molecule has 1 saturated carbocycles. The van der Waals surface area contributed by atoms with Gasteiger partial charge >= 0.3 is 6.36 Å². The van der Waals surface area contributed by atoms with Gasteiger partial charge in [0, 0.05) is 12.2 Å². The number of hydrogen-bond acceptors (Lipinski definition) is 2. The Hall–Kier alpha value is -1.92. The quantitative estimate of drug-likeness (QED) is 0.646. The molecule has 0 aromatic heterocycles. The second-order valence-electron chi connectivity index (χ2n) is 5.25. The lowest BCUT2D eigenvalue weighted by molar-refractivity contribution is -0.274. The number of alkyl halides is 3. The second kappa shape index (κ2) is 5.83. The highest BCUT2D eigenvalue weighted by molar-refractivity contribution is 5.92. The van der Waals surface area contributed by atoms with Crippen LogP contribution in [0.5, 0.6) is 5.75 Å². The van der Waals surface area contributed by atoms with Crippen molar-refractivity contribution in [1.82, 2.24) is 0 Å². The second-order valence-corrected chi connectivity index (χ2v) is 5.25. The summed E-state index contributed by atoms with van der Waals surface area (Å²) in [6.45, 7) is 2.81. The number of ether oxygens (including phenoxy) is 1. The van der Waals surface area contributed by atoms with E-state index >= 15 is 0 Å². The predicted octanol–water partition coefficient (Wildman–Crippen LogP) is 3.50. The third kappa shape index (κ3) is 4.84. The molecule has 3 N–H and O–H groups in total. The lowest BCUT2D eigenvalue weighted by Gasteiger charge is -2.11. The van der Waals surface area contributed by atoms with E-state index in [0.29, 0.717) is 17.6 Å². The summed E-state index contributed by atoms with van der Waals surface area (Å²) in [5.41, 5.74) is 6.63. The van der Waals surface area contributed by atoms with E-state index in [0.717, 1.165) is 6.42 Å². The molecule has 7 heteroatoms. The molecule has 0 bridgehead atoms. The summed E-state index contributed by atoms with van der Waals surface area (Å²) in [5, 5.41) is 2.85. The molecule has 0 atom stereocenters. The largest absolute Gasteiger partial charge is 0.573 e. The van der Waals surface area contributed by atoms with Crippen molar-refractivity contribution in [3.63, 3.8) is 0 Å². The Kier molecular flexibility index (Phi) is 4.29. The van der Waals surface area contributed by atoms with Gasteiger partial charge in [0.1, 0.15) is 5.75 Å². The van der Waals surface area contributed by atoms with Crippen molar-refractivity contribution in [3.05, 3.63) is 24.3 Å². The number of guanidine groups is 1. The first-order chi connectivity index (χ1) is 9.82. The Balaban J connectivity index is 1.89. The SMILES string of the molecule is CCC1(CN=C(N)Nc2ccc(OC(F)(F)F)cc2)CC1. The van der Waals surface area contributed by atoms with E-state index in [1.165, 1.54) is 37.1 Å². The van der Waals surface area contributed by atoms with Gasteiger partial charge in [-0.25, -0.2) is 0 Å². The van der Waals surface area contributed by atoms with Crippen LogP contribution in [0.25, 0.3) is 0 Å². The van der Waals surface area contributed by atoms with Crippen molar-refractivity contribution in [1.29, 1.82) is 0 Å². The Morgan fingerprint density at radius 2 is 1.95 bits per heavy atom. The van der Waals surface area contributed by atoms with Crippen LogP contribution in [0.15, 0.2) is 29.3 Å². The number of nitrogens with one attached hydrogen (secondary N) is 1. The highest BCUT2D eigenvalue weighted by atomic mass is 19.4. The molecule has 0 spiro atoms. The van der Waals surface area contributed by atoms with E-state index in [9.17, 15) is 13.2 Å². The molecular formula is C14H18F3N3O. The van der Waals surface area contributed by atoms with Crippen molar-refractivity contribution in [2.75, 3.05) is 11.9 Å². The van der Waals surface area contributed by atoms with Crippen LogP contribution in [0.2, 0.25) is 0 Å². The van der Waals surface area contributed by atoms with Gasteiger partial charge in [0.25, 0.3) is 0 Å². The van der Waals surface area contributed by atoms with Gasteiger partial charge in [0.05, 0.1) is 0 Å². The fraction of sp³-hybridized carbons (Fsp3) is 0.500. The van der Waals surface area contributed by atoms with Gasteiger partial charge in [0.2, 0.25) is 0 Å². The van der Waals surface area contributed by atoms with E-state index in [2.05, 4.69) is 22.0 Å². The molecule has 21 heavy (non-hydrogen) atoms. The fourth-order valence-electron chi connectivity index (χ4n) is 1.98. The maximum absolute atomic E-state index is 12.0. The molecular weight excluding hydrogens is 283 g/mol. The number of rotatable bonds is 5. The molecule has 0 unspecified atom stereocenters. The first kappa shape index (κ1) is 15.5. The summed E-state index contributed by atoms with van der Waals surface area (Å²) in [5.74, 6) is -0.00862. The number of anilines is 1. The molecule has 0 heterocycles. The number of halogens is 3. The molecule has 0 amide bonds. The Morgan fingerprint density at radius 3 is 2.43 bits per heavy atom. The summed E-state index contributed by atoms with van der Waals surface area (Å²) < 4.78 is 39.9. The first-order valence-electron chi connectivity index (χ1n) is 6.75. The number of hydrogen-bond donors (Lipinski definition) is 2. The van der Waals surface area contributed by atoms with E-state index in [1.807, 2.05) is 0 Å². The van der Waals surface area contributed by atoms with Crippen LogP contribution in [0, 0.1) is 5.41 Å². The Morgan fingerprint density at radius 1 is 1.33 bits per heavy atom. The average molecular weight is 301 g/mol. The molecule has 0 radical (unpaired) electrons. The van der Waals surface area contributed by atoms with Gasteiger partial charge in [-0.1, -0.05) is 6.92 Å². The van der Waals surface area contributed by atoms with Crippen LogP contribution < -0.4 is 15.8 Å². The summed E-state index contributed by atoms with van der Waals surface area (Å²) >= 11 is 0. The van der Waals surface area contributed by atoms with Crippen molar-refractivity contribution < 1.29 is 17.9 Å². The minimum absolute atomic E-state index is 0.263. The molecule has 116 valence electrons. The minimum Gasteiger partial charge on any atom is -0.406 e. The van der Waals surface area contributed by atoms with Crippen molar-refractivity contribution in [2.24, 2.45) is 16.1 Å². The fourth-order valence-corrected chi connectivity index (χ4v) is 1.98. The molecule has 0 saturated heterocycles. The summed E-state index contributed by atoms with van der Waals surface area (Å²) in [6, 6.07) is 5.35. The predicted molar refractivity (Wildman–Crippen MR) is 75.2 cm³/mol. The smallest absolute Gasteiger partial charge is 0.406 e. The number of nitrogens with zero attached hydrogens (tertiary/aromatic N) is 1. The monoisotopic (exact) mass is 301 g/mol. The van der Waals surface area contributed by atoms with Gasteiger partial charge in [-0.15, -0.1) is 13.2 Å². The van der Waals surface area contributed by atoms with Gasteiger partial charge < -0.3 is 15.8 Å². The van der Waals surface area contributed by atoms with E-state index in [4.69, 9.17) is 5.73 Å². The third-order valence-corrected chi connectivity index (χ3v) is 3.65. The van der Waals surface area contributed by atoms with Crippen molar-refractivity contribution in [2.45, 2.75) is 32.5 Å². The molecule has 1 aliphatic carbocycles. The lowest BCUT2D eigenvalue weighted by atomic mass is 10.1. The average Bonchev–Trinajstić information content (AvgIpc) is 3.18. The van der Waals surface area contributed by atoms with Gasteiger partial charge in [-0.3, -0.25) is 4.99 Å². The standard InChI is InChI=1S/C14H18F3N3O/c1-2-13(7-8-13)9-19-12(18)20-10-3-5-11(6-4-10)21-14(15,16)17/h3-6H,2,7-9H2,1H3,(H3,18,19,20). The summed E-state index contributed by atoms with van der Waals surface area (Å²) in [6.07, 6.45) is -1.27. The van der Waals surface area contributed by atoms with Crippen LogP contribution in [0.4, 0.5) is 18.9 Å². The third-order valence-electron chi connectivity index (χ3n) is 3.65. The van der Waals surface area contributed by atoms with Gasteiger partial charge in [-0.05, 0) is 48.9 Å². The molecule has 1 aromatic carbocycles. The molecule has 4 nitrogen and oxygen atoms in total. The normalized spacial score (nSPS) is 17.4. The van der Waals surface area contributed by atoms with Crippen molar-refractivity contribution >= 4 is 11.6 Å². The molecule has 1 fully saturated rings. The van der Waals surface area contributed by atoms with Gasteiger partial charge in [0.15, 0.2) is 5.96 Å². The maximum atomic E-state index is 12.0. The minimum atomic E-state index is -4.69.